The van der Waals surface area contributed by atoms with Gasteiger partial charge in [-0.2, -0.15) is 0 Å². The maximum atomic E-state index is 11.2. The van der Waals surface area contributed by atoms with Gasteiger partial charge < -0.3 is 20.7 Å². The summed E-state index contributed by atoms with van der Waals surface area (Å²) in [5, 5.41) is 9.40. The summed E-state index contributed by atoms with van der Waals surface area (Å²) in [5.41, 5.74) is 0.793. The van der Waals surface area contributed by atoms with Crippen LogP contribution in [0.4, 0.5) is 5.69 Å². The summed E-state index contributed by atoms with van der Waals surface area (Å²) in [5.74, 6) is 1.45. The summed E-state index contributed by atoms with van der Waals surface area (Å²) in [6.07, 6.45) is 3.91. The van der Waals surface area contributed by atoms with Crippen molar-refractivity contribution in [2.24, 2.45) is 4.99 Å². The molecule has 1 aromatic rings. The van der Waals surface area contributed by atoms with Crippen LogP contribution in [0.2, 0.25) is 0 Å². The molecule has 1 heterocycles. The molecule has 0 atom stereocenters. The first-order chi connectivity index (χ1) is 13.9. The largest absolute Gasteiger partial charge is 0.492 e. The van der Waals surface area contributed by atoms with Crippen LogP contribution in [0.3, 0.4) is 0 Å². The van der Waals surface area contributed by atoms with Gasteiger partial charge in [0.05, 0.1) is 13.1 Å². The van der Waals surface area contributed by atoms with Gasteiger partial charge in [-0.1, -0.05) is 12.5 Å². The van der Waals surface area contributed by atoms with E-state index in [0.717, 1.165) is 43.6 Å². The highest BCUT2D eigenvalue weighted by atomic mass is 127. The number of rotatable bonds is 9. The number of guanidine groups is 1. The second-order valence-corrected chi connectivity index (χ2v) is 8.04. The van der Waals surface area contributed by atoms with Crippen LogP contribution in [0, 0.1) is 0 Å². The molecule has 2 rings (SSSR count). The molecule has 0 aliphatic carbocycles. The van der Waals surface area contributed by atoms with E-state index in [0.29, 0.717) is 13.2 Å². The Morgan fingerprint density at radius 2 is 1.93 bits per heavy atom. The summed E-state index contributed by atoms with van der Waals surface area (Å²) >= 11 is 0. The first kappa shape index (κ1) is 26.5. The number of benzene rings is 1. The number of anilines is 1. The van der Waals surface area contributed by atoms with Crippen LogP contribution in [-0.2, 0) is 4.79 Å². The van der Waals surface area contributed by atoms with Gasteiger partial charge >= 0.3 is 0 Å². The van der Waals surface area contributed by atoms with Crippen molar-refractivity contribution in [2.45, 2.75) is 52.5 Å². The third kappa shape index (κ3) is 9.51. The highest BCUT2D eigenvalue weighted by Gasteiger charge is 2.27. The number of hydrogen-bond acceptors (Lipinski definition) is 4. The Morgan fingerprint density at radius 1 is 1.20 bits per heavy atom. The number of nitrogens with one attached hydrogen (secondary N) is 3. The lowest BCUT2D eigenvalue weighted by Gasteiger charge is -2.40. The minimum atomic E-state index is -0.0946. The third-order valence-corrected chi connectivity index (χ3v) is 5.00. The molecule has 3 N–H and O–H groups in total. The monoisotopic (exact) mass is 531 g/mol. The zero-order valence-corrected chi connectivity index (χ0v) is 21.1. The minimum absolute atomic E-state index is 0. The number of nitrogens with zero attached hydrogens (tertiary/aromatic N) is 2. The molecule has 0 radical (unpaired) electrons. The van der Waals surface area contributed by atoms with E-state index in [1.807, 2.05) is 24.3 Å². The van der Waals surface area contributed by atoms with E-state index in [1.54, 1.807) is 0 Å². The Balaban J connectivity index is 0.00000450. The van der Waals surface area contributed by atoms with Crippen molar-refractivity contribution in [3.8, 4) is 5.75 Å². The molecule has 0 bridgehead atoms. The molecular formula is C22H38IN5O2. The first-order valence-corrected chi connectivity index (χ1v) is 10.7. The molecule has 0 saturated carbocycles. The highest BCUT2D eigenvalue weighted by Crippen LogP contribution is 2.21. The molecule has 1 fully saturated rings. The molecule has 8 heteroatoms. The van der Waals surface area contributed by atoms with Crippen LogP contribution in [0.15, 0.2) is 29.3 Å². The first-order valence-electron chi connectivity index (χ1n) is 10.7. The molecule has 0 unspecified atom stereocenters. The van der Waals surface area contributed by atoms with Crippen LogP contribution in [0.25, 0.3) is 0 Å². The van der Waals surface area contributed by atoms with Gasteiger partial charge in [0.1, 0.15) is 12.4 Å². The number of aliphatic imine (C=N–C) groups is 1. The number of likely N-dealkylation sites (tertiary alicyclic amines) is 1. The number of amides is 1. The molecule has 30 heavy (non-hydrogen) atoms. The molecule has 1 saturated heterocycles. The molecule has 0 spiro atoms. The van der Waals surface area contributed by atoms with E-state index in [-0.39, 0.29) is 35.4 Å². The lowest BCUT2D eigenvalue weighted by molar-refractivity contribution is -0.114. The molecule has 170 valence electrons. The molecule has 1 aliphatic rings. The lowest BCUT2D eigenvalue weighted by Crippen LogP contribution is -2.49. The van der Waals surface area contributed by atoms with Crippen molar-refractivity contribution in [3.63, 3.8) is 0 Å². The summed E-state index contributed by atoms with van der Waals surface area (Å²) in [7, 11) is 0. The topological polar surface area (TPSA) is 78.0 Å². The fourth-order valence-corrected chi connectivity index (χ4v) is 3.42. The van der Waals surface area contributed by atoms with Crippen LogP contribution < -0.4 is 20.7 Å². The number of piperidine rings is 1. The lowest BCUT2D eigenvalue weighted by atomic mass is 9.99. The highest BCUT2D eigenvalue weighted by molar-refractivity contribution is 14.0. The van der Waals surface area contributed by atoms with Crippen LogP contribution in [-0.4, -0.2) is 61.6 Å². The van der Waals surface area contributed by atoms with Crippen LogP contribution in [0.5, 0.6) is 5.75 Å². The predicted octanol–water partition coefficient (Wildman–Crippen LogP) is 3.46. The Bertz CT molecular complexity index is 675. The summed E-state index contributed by atoms with van der Waals surface area (Å²) < 4.78 is 5.79. The second kappa shape index (κ2) is 13.7. The summed E-state index contributed by atoms with van der Waals surface area (Å²) in [6.45, 7) is 13.1. The maximum Gasteiger partial charge on any atom is 0.221 e. The molecule has 1 amide bonds. The van der Waals surface area contributed by atoms with E-state index >= 15 is 0 Å². The van der Waals surface area contributed by atoms with E-state index < -0.39 is 0 Å². The molecular weight excluding hydrogens is 493 g/mol. The van der Waals surface area contributed by atoms with Crippen molar-refractivity contribution in [3.05, 3.63) is 24.3 Å². The van der Waals surface area contributed by atoms with Gasteiger partial charge in [0.25, 0.3) is 0 Å². The maximum absolute atomic E-state index is 11.2. The number of halogens is 1. The molecule has 7 nitrogen and oxygen atoms in total. The smallest absolute Gasteiger partial charge is 0.221 e. The fraction of sp³-hybridized carbons (Fsp3) is 0.636. The van der Waals surface area contributed by atoms with Gasteiger partial charge in [-0.3, -0.25) is 14.7 Å². The van der Waals surface area contributed by atoms with Crippen LogP contribution >= 0.6 is 24.0 Å². The zero-order valence-electron chi connectivity index (χ0n) is 18.8. The van der Waals surface area contributed by atoms with Crippen LogP contribution in [0.1, 0.15) is 47.0 Å². The molecule has 1 aromatic carbocycles. The Labute approximate surface area is 198 Å². The van der Waals surface area contributed by atoms with Gasteiger partial charge in [-0.25, -0.2) is 0 Å². The number of hydrogen-bond donors (Lipinski definition) is 3. The Kier molecular flexibility index (Phi) is 12.1. The van der Waals surface area contributed by atoms with Gasteiger partial charge in [-0.05, 0) is 58.8 Å². The van der Waals surface area contributed by atoms with Crippen molar-refractivity contribution in [1.82, 2.24) is 15.5 Å². The van der Waals surface area contributed by atoms with E-state index in [4.69, 9.17) is 9.73 Å². The second-order valence-electron chi connectivity index (χ2n) is 8.04. The Hall–Kier alpha value is -1.55. The fourth-order valence-electron chi connectivity index (χ4n) is 3.42. The summed E-state index contributed by atoms with van der Waals surface area (Å²) in [4.78, 5) is 18.5. The standard InChI is InChI=1S/C22H37N5O2.HI/c1-5-23-21(25-17-22(3,4)27-13-7-6-8-14-27)24-12-15-29-20-11-9-10-19(16-20)26-18(2)28;/h9-11,16H,5-8,12-15,17H2,1-4H3,(H,26,28)(H2,23,24,25);1H. The predicted molar refractivity (Wildman–Crippen MR) is 135 cm³/mol. The van der Waals surface area contributed by atoms with Gasteiger partial charge in [0, 0.05) is 30.8 Å². The number of carbonyl (C=O) groups excluding carboxylic acids is 1. The van der Waals surface area contributed by atoms with Gasteiger partial charge in [0.15, 0.2) is 5.96 Å². The van der Waals surface area contributed by atoms with Crippen molar-refractivity contribution < 1.29 is 9.53 Å². The van der Waals surface area contributed by atoms with Gasteiger partial charge in [-0.15, -0.1) is 24.0 Å². The Morgan fingerprint density at radius 3 is 2.60 bits per heavy atom. The molecule has 0 aromatic heterocycles. The number of ether oxygens (including phenoxy) is 1. The normalized spacial score (nSPS) is 15.1. The molecule has 1 aliphatic heterocycles. The summed E-state index contributed by atoms with van der Waals surface area (Å²) in [6, 6.07) is 7.41. The average Bonchev–Trinajstić information content (AvgIpc) is 2.70. The van der Waals surface area contributed by atoms with Crippen molar-refractivity contribution in [2.75, 3.05) is 44.6 Å². The average molecular weight is 531 g/mol. The van der Waals surface area contributed by atoms with E-state index in [2.05, 4.69) is 41.6 Å². The quantitative estimate of drug-likeness (QED) is 0.197. The third-order valence-electron chi connectivity index (χ3n) is 5.00. The van der Waals surface area contributed by atoms with Crippen molar-refractivity contribution >= 4 is 41.5 Å². The zero-order chi connectivity index (χ0) is 21.1. The van der Waals surface area contributed by atoms with E-state index in [9.17, 15) is 4.79 Å². The SMILES string of the molecule is CCNC(=NCC(C)(C)N1CCCCC1)NCCOc1cccc(NC(C)=O)c1.I. The van der Waals surface area contributed by atoms with E-state index in [1.165, 1.54) is 26.2 Å². The van der Waals surface area contributed by atoms with Crippen molar-refractivity contribution in [1.29, 1.82) is 0 Å². The number of carbonyl (C=O) groups is 1. The minimum Gasteiger partial charge on any atom is -0.492 e. The van der Waals surface area contributed by atoms with Gasteiger partial charge in [0.2, 0.25) is 5.91 Å².